The van der Waals surface area contributed by atoms with Gasteiger partial charge in [0.2, 0.25) is 0 Å². The Kier molecular flexibility index (Phi) is 5.80. The van der Waals surface area contributed by atoms with Gasteiger partial charge in [-0.1, -0.05) is 23.4 Å². The van der Waals surface area contributed by atoms with Crippen LogP contribution < -0.4 is 5.32 Å². The number of nitrogens with zero attached hydrogens (tertiary/aromatic N) is 2. The summed E-state index contributed by atoms with van der Waals surface area (Å²) in [5.41, 5.74) is 0.655. The van der Waals surface area contributed by atoms with Crippen LogP contribution in [-0.4, -0.2) is 46.4 Å². The molecule has 0 saturated carbocycles. The standard InChI is InChI=1S/C16H17N3O5/c1-3-8-23-9-13(16(21)22)18-14(20)11-6-4-5-7-12(11)15-17-10(2)19-24-15/h3-7,13H,1,8-9H2,2H3,(H,18,20)(H,21,22). The second kappa shape index (κ2) is 8.02. The number of carboxylic acid groups (broad SMARTS) is 1. The highest BCUT2D eigenvalue weighted by atomic mass is 16.5. The van der Waals surface area contributed by atoms with Crippen LogP contribution in [0, 0.1) is 6.92 Å². The third kappa shape index (κ3) is 4.26. The van der Waals surface area contributed by atoms with Gasteiger partial charge >= 0.3 is 5.97 Å². The minimum absolute atomic E-state index is 0.172. The molecule has 0 bridgehead atoms. The quantitative estimate of drug-likeness (QED) is 0.555. The van der Waals surface area contributed by atoms with Crippen molar-refractivity contribution < 1.29 is 24.0 Å². The van der Waals surface area contributed by atoms with E-state index >= 15 is 0 Å². The number of carboxylic acids is 1. The van der Waals surface area contributed by atoms with Gasteiger partial charge in [-0.3, -0.25) is 4.79 Å². The number of benzene rings is 1. The number of carbonyl (C=O) groups is 2. The van der Waals surface area contributed by atoms with Gasteiger partial charge in [-0.15, -0.1) is 6.58 Å². The van der Waals surface area contributed by atoms with Gasteiger partial charge < -0.3 is 19.7 Å². The topological polar surface area (TPSA) is 115 Å². The zero-order chi connectivity index (χ0) is 17.5. The largest absolute Gasteiger partial charge is 0.480 e. The summed E-state index contributed by atoms with van der Waals surface area (Å²) in [4.78, 5) is 27.8. The smallest absolute Gasteiger partial charge is 0.328 e. The lowest BCUT2D eigenvalue weighted by molar-refractivity contribution is -0.140. The number of nitrogens with one attached hydrogen (secondary N) is 1. The van der Waals surface area contributed by atoms with Crippen molar-refractivity contribution in [1.29, 1.82) is 0 Å². The van der Waals surface area contributed by atoms with Gasteiger partial charge in [0.25, 0.3) is 11.8 Å². The number of ether oxygens (including phenoxy) is 1. The Morgan fingerprint density at radius 3 is 2.83 bits per heavy atom. The van der Waals surface area contributed by atoms with Crippen molar-refractivity contribution in [2.24, 2.45) is 0 Å². The highest BCUT2D eigenvalue weighted by Gasteiger charge is 2.23. The van der Waals surface area contributed by atoms with E-state index in [1.165, 1.54) is 6.08 Å². The molecule has 0 spiro atoms. The predicted molar refractivity (Wildman–Crippen MR) is 84.4 cm³/mol. The van der Waals surface area contributed by atoms with Crippen LogP contribution in [0.2, 0.25) is 0 Å². The van der Waals surface area contributed by atoms with Crippen LogP contribution in [0.1, 0.15) is 16.2 Å². The van der Waals surface area contributed by atoms with E-state index in [9.17, 15) is 14.7 Å². The second-order valence-corrected chi connectivity index (χ2v) is 4.88. The van der Waals surface area contributed by atoms with Gasteiger partial charge in [0.05, 0.1) is 24.3 Å². The van der Waals surface area contributed by atoms with Crippen molar-refractivity contribution in [3.63, 3.8) is 0 Å². The average Bonchev–Trinajstić information content (AvgIpc) is 3.00. The number of rotatable bonds is 8. The molecule has 2 rings (SSSR count). The van der Waals surface area contributed by atoms with E-state index in [4.69, 9.17) is 9.26 Å². The first-order valence-corrected chi connectivity index (χ1v) is 7.15. The maximum atomic E-state index is 12.5. The summed E-state index contributed by atoms with van der Waals surface area (Å²) in [7, 11) is 0. The van der Waals surface area contributed by atoms with E-state index < -0.39 is 17.9 Å². The number of amides is 1. The third-order valence-electron chi connectivity index (χ3n) is 3.05. The van der Waals surface area contributed by atoms with Crippen molar-refractivity contribution in [3.8, 4) is 11.5 Å². The fraction of sp³-hybridized carbons (Fsp3) is 0.250. The zero-order valence-electron chi connectivity index (χ0n) is 13.1. The Morgan fingerprint density at radius 1 is 1.46 bits per heavy atom. The van der Waals surface area contributed by atoms with Crippen molar-refractivity contribution in [2.75, 3.05) is 13.2 Å². The molecule has 0 fully saturated rings. The van der Waals surface area contributed by atoms with Gasteiger partial charge in [0.15, 0.2) is 11.9 Å². The molecule has 1 aromatic heterocycles. The third-order valence-corrected chi connectivity index (χ3v) is 3.05. The monoisotopic (exact) mass is 331 g/mol. The van der Waals surface area contributed by atoms with E-state index in [1.54, 1.807) is 31.2 Å². The van der Waals surface area contributed by atoms with E-state index in [0.717, 1.165) is 0 Å². The molecule has 0 saturated heterocycles. The van der Waals surface area contributed by atoms with Crippen LogP contribution in [0.15, 0.2) is 41.4 Å². The van der Waals surface area contributed by atoms with Gasteiger partial charge in [0, 0.05) is 0 Å². The number of hydrogen-bond donors (Lipinski definition) is 2. The molecule has 1 aromatic carbocycles. The fourth-order valence-corrected chi connectivity index (χ4v) is 1.95. The van der Waals surface area contributed by atoms with Gasteiger partial charge in [-0.25, -0.2) is 4.79 Å². The van der Waals surface area contributed by atoms with Crippen LogP contribution in [0.5, 0.6) is 0 Å². The molecule has 1 unspecified atom stereocenters. The van der Waals surface area contributed by atoms with E-state index in [0.29, 0.717) is 11.4 Å². The van der Waals surface area contributed by atoms with Gasteiger partial charge in [0.1, 0.15) is 0 Å². The summed E-state index contributed by atoms with van der Waals surface area (Å²) >= 11 is 0. The Hall–Kier alpha value is -3.00. The lowest BCUT2D eigenvalue weighted by Crippen LogP contribution is -2.44. The Labute approximate surface area is 138 Å². The van der Waals surface area contributed by atoms with Gasteiger partial charge in [-0.05, 0) is 19.1 Å². The summed E-state index contributed by atoms with van der Waals surface area (Å²) in [6.45, 7) is 5.16. The summed E-state index contributed by atoms with van der Waals surface area (Å²) in [5, 5.41) is 15.3. The van der Waals surface area contributed by atoms with Crippen LogP contribution in [0.25, 0.3) is 11.5 Å². The van der Waals surface area contributed by atoms with Crippen molar-refractivity contribution in [3.05, 3.63) is 48.3 Å². The number of aryl methyl sites for hydroxylation is 1. The summed E-state index contributed by atoms with van der Waals surface area (Å²) < 4.78 is 10.2. The Balaban J connectivity index is 2.20. The SMILES string of the molecule is C=CCOCC(NC(=O)c1ccccc1-c1nc(C)no1)C(=O)O. The number of aromatic nitrogens is 2. The summed E-state index contributed by atoms with van der Waals surface area (Å²) in [5.74, 6) is -1.15. The van der Waals surface area contributed by atoms with Crippen molar-refractivity contribution in [2.45, 2.75) is 13.0 Å². The van der Waals surface area contributed by atoms with Crippen LogP contribution >= 0.6 is 0 Å². The van der Waals surface area contributed by atoms with Crippen LogP contribution in [0.3, 0.4) is 0 Å². The summed E-state index contributed by atoms with van der Waals surface area (Å²) in [6.07, 6.45) is 1.49. The minimum atomic E-state index is -1.20. The molecular weight excluding hydrogens is 314 g/mol. The van der Waals surface area contributed by atoms with Gasteiger partial charge in [-0.2, -0.15) is 4.98 Å². The highest BCUT2D eigenvalue weighted by Crippen LogP contribution is 2.21. The molecule has 1 amide bonds. The Bertz CT molecular complexity index is 741. The molecule has 0 aliphatic rings. The molecule has 1 heterocycles. The molecule has 126 valence electrons. The first kappa shape index (κ1) is 17.4. The Morgan fingerprint density at radius 2 is 2.21 bits per heavy atom. The lowest BCUT2D eigenvalue weighted by Gasteiger charge is -2.15. The van der Waals surface area contributed by atoms with Crippen molar-refractivity contribution in [1.82, 2.24) is 15.5 Å². The average molecular weight is 331 g/mol. The first-order chi connectivity index (χ1) is 11.5. The number of hydrogen-bond acceptors (Lipinski definition) is 6. The molecule has 0 aliphatic heterocycles. The van der Waals surface area contributed by atoms with E-state index in [1.807, 2.05) is 0 Å². The number of carbonyl (C=O) groups excluding carboxylic acids is 1. The minimum Gasteiger partial charge on any atom is -0.480 e. The highest BCUT2D eigenvalue weighted by molar-refractivity contribution is 6.01. The second-order valence-electron chi connectivity index (χ2n) is 4.88. The number of aliphatic carboxylic acids is 1. The molecule has 1 atom stereocenters. The zero-order valence-corrected chi connectivity index (χ0v) is 13.1. The summed E-state index contributed by atoms with van der Waals surface area (Å²) in [6, 6.07) is 5.38. The normalized spacial score (nSPS) is 11.7. The molecular formula is C16H17N3O5. The fourth-order valence-electron chi connectivity index (χ4n) is 1.95. The maximum Gasteiger partial charge on any atom is 0.328 e. The molecule has 2 aromatic rings. The maximum absolute atomic E-state index is 12.5. The lowest BCUT2D eigenvalue weighted by atomic mass is 10.1. The molecule has 0 aliphatic carbocycles. The molecule has 0 radical (unpaired) electrons. The first-order valence-electron chi connectivity index (χ1n) is 7.15. The molecule has 2 N–H and O–H groups in total. The molecule has 8 heteroatoms. The van der Waals surface area contributed by atoms with E-state index in [2.05, 4.69) is 22.0 Å². The molecule has 8 nitrogen and oxygen atoms in total. The van der Waals surface area contributed by atoms with Crippen LogP contribution in [0.4, 0.5) is 0 Å². The van der Waals surface area contributed by atoms with E-state index in [-0.39, 0.29) is 24.7 Å². The van der Waals surface area contributed by atoms with Crippen molar-refractivity contribution >= 4 is 11.9 Å². The van der Waals surface area contributed by atoms with Crippen LogP contribution in [-0.2, 0) is 9.53 Å². The molecule has 24 heavy (non-hydrogen) atoms. The predicted octanol–water partition coefficient (Wildman–Crippen LogP) is 1.43.